The van der Waals surface area contributed by atoms with Crippen LogP contribution in [0.25, 0.3) is 0 Å². The zero-order chi connectivity index (χ0) is 12.3. The van der Waals surface area contributed by atoms with Crippen molar-refractivity contribution >= 4 is 5.97 Å². The van der Waals surface area contributed by atoms with Gasteiger partial charge < -0.3 is 10.1 Å². The van der Waals surface area contributed by atoms with Crippen molar-refractivity contribution in [1.29, 1.82) is 0 Å². The van der Waals surface area contributed by atoms with Crippen LogP contribution in [0, 0.1) is 11.7 Å². The van der Waals surface area contributed by atoms with Crippen molar-refractivity contribution in [3.8, 4) is 0 Å². The van der Waals surface area contributed by atoms with Crippen molar-refractivity contribution in [2.45, 2.75) is 25.4 Å². The molecule has 0 radical (unpaired) electrons. The fourth-order valence-electron chi connectivity index (χ4n) is 1.83. The zero-order valence-electron chi connectivity index (χ0n) is 9.78. The molecule has 0 bridgehead atoms. The van der Waals surface area contributed by atoms with Crippen LogP contribution in [0.3, 0.4) is 0 Å². The molecule has 0 aliphatic heterocycles. The predicted molar refractivity (Wildman–Crippen MR) is 61.8 cm³/mol. The highest BCUT2D eigenvalue weighted by Crippen LogP contribution is 2.33. The Hall–Kier alpha value is -1.42. The summed E-state index contributed by atoms with van der Waals surface area (Å²) in [4.78, 5) is 11.5. The van der Waals surface area contributed by atoms with E-state index in [-0.39, 0.29) is 17.8 Å². The second-order valence-electron chi connectivity index (χ2n) is 4.35. The van der Waals surface area contributed by atoms with E-state index in [9.17, 15) is 9.18 Å². The van der Waals surface area contributed by atoms with Gasteiger partial charge in [0.15, 0.2) is 0 Å². The molecule has 17 heavy (non-hydrogen) atoms. The summed E-state index contributed by atoms with van der Waals surface area (Å²) in [5, 5.41) is 3.17. The van der Waals surface area contributed by atoms with Gasteiger partial charge in [-0.15, -0.1) is 0 Å². The van der Waals surface area contributed by atoms with E-state index in [1.54, 1.807) is 12.1 Å². The first-order chi connectivity index (χ1) is 8.20. The number of hydrogen-bond donors (Lipinski definition) is 1. The van der Waals surface area contributed by atoms with Gasteiger partial charge in [0, 0.05) is 6.54 Å². The van der Waals surface area contributed by atoms with Crippen LogP contribution in [0.2, 0.25) is 0 Å². The Morgan fingerprint density at radius 1 is 1.47 bits per heavy atom. The summed E-state index contributed by atoms with van der Waals surface area (Å²) in [6.45, 7) is 0.552. The number of nitrogens with one attached hydrogen (secondary N) is 1. The first-order valence-corrected chi connectivity index (χ1v) is 5.76. The lowest BCUT2D eigenvalue weighted by molar-refractivity contribution is -0.143. The van der Waals surface area contributed by atoms with Crippen LogP contribution in [0.15, 0.2) is 24.3 Å². The molecule has 1 fully saturated rings. The van der Waals surface area contributed by atoms with Crippen LogP contribution in [-0.2, 0) is 16.1 Å². The molecule has 4 heteroatoms. The minimum absolute atomic E-state index is 0.213. The molecule has 92 valence electrons. The number of carbonyl (C=O) groups is 1. The summed E-state index contributed by atoms with van der Waals surface area (Å²) in [5.41, 5.74) is 0.959. The number of benzene rings is 1. The molecule has 0 amide bonds. The maximum absolute atomic E-state index is 12.7. The van der Waals surface area contributed by atoms with Gasteiger partial charge in [-0.25, -0.2) is 4.39 Å². The maximum Gasteiger partial charge on any atom is 0.323 e. The monoisotopic (exact) mass is 237 g/mol. The highest BCUT2D eigenvalue weighted by molar-refractivity contribution is 5.76. The highest BCUT2D eigenvalue weighted by Gasteiger charge is 2.36. The number of hydrogen-bond acceptors (Lipinski definition) is 3. The van der Waals surface area contributed by atoms with E-state index in [2.05, 4.69) is 5.32 Å². The fraction of sp³-hybridized carbons (Fsp3) is 0.462. The van der Waals surface area contributed by atoms with Gasteiger partial charge in [0.2, 0.25) is 0 Å². The summed E-state index contributed by atoms with van der Waals surface area (Å²) in [5.74, 6) is -0.0713. The van der Waals surface area contributed by atoms with Gasteiger partial charge in [-0.2, -0.15) is 0 Å². The summed E-state index contributed by atoms with van der Waals surface area (Å²) in [7, 11) is 1.40. The molecule has 1 aliphatic rings. The molecule has 1 N–H and O–H groups in total. The number of esters is 1. The number of rotatable bonds is 5. The van der Waals surface area contributed by atoms with E-state index in [0.29, 0.717) is 12.5 Å². The third-order valence-electron chi connectivity index (χ3n) is 2.99. The molecule has 0 aromatic heterocycles. The van der Waals surface area contributed by atoms with E-state index < -0.39 is 0 Å². The van der Waals surface area contributed by atoms with Crippen molar-refractivity contribution in [1.82, 2.24) is 5.32 Å². The van der Waals surface area contributed by atoms with Crippen molar-refractivity contribution in [2.24, 2.45) is 5.92 Å². The van der Waals surface area contributed by atoms with Crippen molar-refractivity contribution in [2.75, 3.05) is 7.11 Å². The molecular weight excluding hydrogens is 221 g/mol. The standard InChI is InChI=1S/C13H16FNO2/c1-17-13(16)12(10-4-5-10)15-8-9-2-6-11(14)7-3-9/h2-3,6-7,10,12,15H,4-5,8H2,1H3. The van der Waals surface area contributed by atoms with Crippen LogP contribution < -0.4 is 5.32 Å². The number of methoxy groups -OCH3 is 1. The molecule has 1 aliphatic carbocycles. The Bertz CT molecular complexity index is 387. The molecule has 2 rings (SSSR count). The minimum atomic E-state index is -0.250. The topological polar surface area (TPSA) is 38.3 Å². The SMILES string of the molecule is COC(=O)C(NCc1ccc(F)cc1)C1CC1. The molecule has 0 heterocycles. The van der Waals surface area contributed by atoms with Crippen molar-refractivity contribution in [3.05, 3.63) is 35.6 Å². The van der Waals surface area contributed by atoms with Gasteiger partial charge in [-0.3, -0.25) is 4.79 Å². The molecule has 0 saturated heterocycles. The van der Waals surface area contributed by atoms with Gasteiger partial charge >= 0.3 is 5.97 Å². The lowest BCUT2D eigenvalue weighted by atomic mass is 10.1. The highest BCUT2D eigenvalue weighted by atomic mass is 19.1. The Morgan fingerprint density at radius 3 is 2.65 bits per heavy atom. The number of halogens is 1. The Morgan fingerprint density at radius 2 is 2.12 bits per heavy atom. The normalized spacial score (nSPS) is 16.6. The van der Waals surface area contributed by atoms with E-state index in [1.165, 1.54) is 19.2 Å². The first-order valence-electron chi connectivity index (χ1n) is 5.76. The van der Waals surface area contributed by atoms with Crippen LogP contribution in [-0.4, -0.2) is 19.1 Å². The molecule has 1 atom stereocenters. The molecule has 3 nitrogen and oxygen atoms in total. The number of carbonyl (C=O) groups excluding carboxylic acids is 1. The Labute approximate surface area is 100.0 Å². The summed E-state index contributed by atoms with van der Waals surface area (Å²) >= 11 is 0. The lowest BCUT2D eigenvalue weighted by Gasteiger charge is -2.15. The fourth-order valence-corrected chi connectivity index (χ4v) is 1.83. The average molecular weight is 237 g/mol. The molecule has 0 spiro atoms. The summed E-state index contributed by atoms with van der Waals surface area (Å²) < 4.78 is 17.5. The molecule has 1 unspecified atom stereocenters. The Balaban J connectivity index is 1.90. The van der Waals surface area contributed by atoms with E-state index in [1.807, 2.05) is 0 Å². The second kappa shape index (κ2) is 5.27. The maximum atomic E-state index is 12.7. The van der Waals surface area contributed by atoms with E-state index in [4.69, 9.17) is 4.74 Å². The van der Waals surface area contributed by atoms with Gasteiger partial charge in [0.1, 0.15) is 11.9 Å². The van der Waals surface area contributed by atoms with Crippen molar-refractivity contribution < 1.29 is 13.9 Å². The van der Waals surface area contributed by atoms with Crippen LogP contribution >= 0.6 is 0 Å². The van der Waals surface area contributed by atoms with Crippen molar-refractivity contribution in [3.63, 3.8) is 0 Å². The third kappa shape index (κ3) is 3.27. The third-order valence-corrected chi connectivity index (χ3v) is 2.99. The number of ether oxygens (including phenoxy) is 1. The van der Waals surface area contributed by atoms with Gasteiger partial charge in [0.05, 0.1) is 7.11 Å². The van der Waals surface area contributed by atoms with Gasteiger partial charge in [0.25, 0.3) is 0 Å². The molecular formula is C13H16FNO2. The van der Waals surface area contributed by atoms with Crippen LogP contribution in [0.1, 0.15) is 18.4 Å². The summed E-state index contributed by atoms with van der Waals surface area (Å²) in [6.07, 6.45) is 2.13. The lowest BCUT2D eigenvalue weighted by Crippen LogP contribution is -2.39. The minimum Gasteiger partial charge on any atom is -0.468 e. The predicted octanol–water partition coefficient (Wildman–Crippen LogP) is 1.87. The molecule has 1 saturated carbocycles. The zero-order valence-corrected chi connectivity index (χ0v) is 9.78. The smallest absolute Gasteiger partial charge is 0.323 e. The van der Waals surface area contributed by atoms with Crippen LogP contribution in [0.4, 0.5) is 4.39 Å². The quantitative estimate of drug-likeness (QED) is 0.794. The van der Waals surface area contributed by atoms with Gasteiger partial charge in [-0.1, -0.05) is 12.1 Å². The molecule has 1 aromatic carbocycles. The average Bonchev–Trinajstić information content (AvgIpc) is 3.16. The van der Waals surface area contributed by atoms with Gasteiger partial charge in [-0.05, 0) is 36.5 Å². The summed E-state index contributed by atoms with van der Waals surface area (Å²) in [6, 6.07) is 6.03. The Kier molecular flexibility index (Phi) is 3.74. The van der Waals surface area contributed by atoms with E-state index in [0.717, 1.165) is 18.4 Å². The van der Waals surface area contributed by atoms with Crippen LogP contribution in [0.5, 0.6) is 0 Å². The molecule has 1 aromatic rings. The second-order valence-corrected chi connectivity index (χ2v) is 4.35. The largest absolute Gasteiger partial charge is 0.468 e. The first kappa shape index (κ1) is 12.0. The van der Waals surface area contributed by atoms with E-state index >= 15 is 0 Å².